The van der Waals surface area contributed by atoms with Crippen LogP contribution in [0, 0.1) is 0 Å². The van der Waals surface area contributed by atoms with E-state index in [1.807, 2.05) is 0 Å². The van der Waals surface area contributed by atoms with Gasteiger partial charge in [0.1, 0.15) is 0 Å². The molecule has 0 aromatic rings. The molecule has 40 valence electrons. The average molecular weight is 117 g/mol. The molecule has 0 aromatic heterocycles. The van der Waals surface area contributed by atoms with E-state index in [-0.39, 0.29) is 5.91 Å². The van der Waals surface area contributed by atoms with Crippen molar-refractivity contribution in [2.24, 2.45) is 0 Å². The molecule has 0 bridgehead atoms. The van der Waals surface area contributed by atoms with Gasteiger partial charge < -0.3 is 5.09 Å². The van der Waals surface area contributed by atoms with Crippen molar-refractivity contribution in [1.29, 1.82) is 0 Å². The minimum Gasteiger partial charge on any atom is -0.337 e. The molecule has 0 spiro atoms. The summed E-state index contributed by atoms with van der Waals surface area (Å²) in [6, 6.07) is 0. The van der Waals surface area contributed by atoms with E-state index in [4.69, 9.17) is 0 Å². The van der Waals surface area contributed by atoms with Gasteiger partial charge in [-0.3, -0.25) is 4.79 Å². The minimum atomic E-state index is -0.134. The Morgan fingerprint density at radius 1 is 1.86 bits per heavy atom. The molecule has 0 radical (unpaired) electrons. The SMILES string of the molecule is C=C(C)C(=O)NP. The molecule has 1 N–H and O–H groups in total. The third-order valence-corrected chi connectivity index (χ3v) is 0.781. The van der Waals surface area contributed by atoms with Crippen LogP contribution in [0.4, 0.5) is 0 Å². The van der Waals surface area contributed by atoms with E-state index in [1.54, 1.807) is 6.92 Å². The zero-order chi connectivity index (χ0) is 5.86. The first-order valence-electron chi connectivity index (χ1n) is 1.85. The van der Waals surface area contributed by atoms with E-state index < -0.39 is 0 Å². The molecule has 0 aliphatic carbocycles. The summed E-state index contributed by atoms with van der Waals surface area (Å²) in [4.78, 5) is 10.3. The maximum Gasteiger partial charge on any atom is 0.249 e. The molecule has 0 saturated heterocycles. The molecule has 0 aromatic carbocycles. The Labute approximate surface area is 45.2 Å². The van der Waals surface area contributed by atoms with E-state index >= 15 is 0 Å². The molecular formula is C4H8NOP. The molecule has 2 nitrogen and oxygen atoms in total. The lowest BCUT2D eigenvalue weighted by atomic mass is 10.3. The van der Waals surface area contributed by atoms with Gasteiger partial charge in [0.15, 0.2) is 0 Å². The number of hydrogen-bond donors (Lipinski definition) is 1. The van der Waals surface area contributed by atoms with E-state index in [2.05, 4.69) is 21.1 Å². The van der Waals surface area contributed by atoms with Crippen molar-refractivity contribution in [3.63, 3.8) is 0 Å². The van der Waals surface area contributed by atoms with Crippen molar-refractivity contribution in [3.05, 3.63) is 12.2 Å². The van der Waals surface area contributed by atoms with Gasteiger partial charge >= 0.3 is 0 Å². The standard InChI is InChI=1S/C4H8NOP/c1-3(2)4(6)5-7/h1,7H2,2H3,(H,5,6). The van der Waals surface area contributed by atoms with E-state index in [1.165, 1.54) is 0 Å². The highest BCUT2D eigenvalue weighted by Crippen LogP contribution is 1.85. The topological polar surface area (TPSA) is 29.1 Å². The summed E-state index contributed by atoms with van der Waals surface area (Å²) in [5.74, 6) is -0.134. The van der Waals surface area contributed by atoms with Crippen LogP contribution in [0.15, 0.2) is 12.2 Å². The Morgan fingerprint density at radius 2 is 2.29 bits per heavy atom. The molecule has 0 saturated carbocycles. The number of hydrogen-bond acceptors (Lipinski definition) is 1. The summed E-state index contributed by atoms with van der Waals surface area (Å²) in [7, 11) is 2.10. The van der Waals surface area contributed by atoms with Crippen LogP contribution < -0.4 is 5.09 Å². The number of nitrogens with one attached hydrogen (secondary N) is 1. The van der Waals surface area contributed by atoms with Crippen LogP contribution in [-0.2, 0) is 4.79 Å². The third kappa shape index (κ3) is 2.35. The molecule has 0 rings (SSSR count). The van der Waals surface area contributed by atoms with Crippen molar-refractivity contribution in [2.45, 2.75) is 6.92 Å². The Morgan fingerprint density at radius 3 is 2.29 bits per heavy atom. The first-order chi connectivity index (χ1) is 3.18. The lowest BCUT2D eigenvalue weighted by Gasteiger charge is -1.91. The summed E-state index contributed by atoms with van der Waals surface area (Å²) in [5.41, 5.74) is 0.523. The highest BCUT2D eigenvalue weighted by molar-refractivity contribution is 7.15. The van der Waals surface area contributed by atoms with Gasteiger partial charge in [-0.05, 0) is 16.3 Å². The molecule has 7 heavy (non-hydrogen) atoms. The van der Waals surface area contributed by atoms with Crippen molar-refractivity contribution in [1.82, 2.24) is 5.09 Å². The zero-order valence-corrected chi connectivity index (χ0v) is 5.35. The summed E-state index contributed by atoms with van der Waals surface area (Å²) >= 11 is 0. The highest BCUT2D eigenvalue weighted by atomic mass is 31.0. The maximum atomic E-state index is 10.3. The van der Waals surface area contributed by atoms with Crippen molar-refractivity contribution < 1.29 is 4.79 Å². The predicted octanol–water partition coefficient (Wildman–Crippen LogP) is 0.469. The van der Waals surface area contributed by atoms with E-state index in [0.717, 1.165) is 0 Å². The lowest BCUT2D eigenvalue weighted by Crippen LogP contribution is -2.10. The molecule has 1 amide bonds. The Kier molecular flexibility index (Phi) is 2.61. The Balaban J connectivity index is 3.58. The number of carbonyl (C=O) groups is 1. The Hall–Kier alpha value is -0.360. The van der Waals surface area contributed by atoms with Crippen molar-refractivity contribution in [2.75, 3.05) is 0 Å². The molecule has 0 heterocycles. The molecule has 0 aliphatic heterocycles. The van der Waals surface area contributed by atoms with Crippen molar-refractivity contribution >= 4 is 15.3 Å². The minimum absolute atomic E-state index is 0.134. The first-order valence-corrected chi connectivity index (χ1v) is 2.42. The number of amides is 1. The fourth-order valence-electron chi connectivity index (χ4n) is 0.123. The van der Waals surface area contributed by atoms with Gasteiger partial charge in [0.2, 0.25) is 5.91 Å². The fourth-order valence-corrected chi connectivity index (χ4v) is 0.370. The van der Waals surface area contributed by atoms with Crippen LogP contribution in [0.25, 0.3) is 0 Å². The second kappa shape index (κ2) is 2.75. The third-order valence-electron chi connectivity index (χ3n) is 0.519. The first kappa shape index (κ1) is 6.64. The van der Waals surface area contributed by atoms with Gasteiger partial charge in [0.25, 0.3) is 0 Å². The predicted molar refractivity (Wildman–Crippen MR) is 32.7 cm³/mol. The maximum absolute atomic E-state index is 10.3. The van der Waals surface area contributed by atoms with Gasteiger partial charge in [0.05, 0.1) is 0 Å². The number of rotatable bonds is 1. The normalized spacial score (nSPS) is 7.71. The molecular weight excluding hydrogens is 109 g/mol. The molecule has 0 fully saturated rings. The molecule has 3 heteroatoms. The zero-order valence-electron chi connectivity index (χ0n) is 4.19. The van der Waals surface area contributed by atoms with Crippen LogP contribution in [0.5, 0.6) is 0 Å². The molecule has 0 aliphatic rings. The van der Waals surface area contributed by atoms with Crippen LogP contribution in [0.1, 0.15) is 6.92 Å². The highest BCUT2D eigenvalue weighted by Gasteiger charge is 1.92. The van der Waals surface area contributed by atoms with Gasteiger partial charge in [-0.25, -0.2) is 0 Å². The van der Waals surface area contributed by atoms with Gasteiger partial charge in [-0.15, -0.1) is 0 Å². The van der Waals surface area contributed by atoms with Crippen LogP contribution in [0.2, 0.25) is 0 Å². The number of carbonyl (C=O) groups excluding carboxylic acids is 1. The Bertz CT molecular complexity index is 99.9. The monoisotopic (exact) mass is 117 g/mol. The van der Waals surface area contributed by atoms with Crippen LogP contribution in [0.3, 0.4) is 0 Å². The smallest absolute Gasteiger partial charge is 0.249 e. The van der Waals surface area contributed by atoms with E-state index in [0.29, 0.717) is 5.57 Å². The van der Waals surface area contributed by atoms with Gasteiger partial charge in [-0.1, -0.05) is 6.58 Å². The average Bonchev–Trinajstić information content (AvgIpc) is 1.65. The van der Waals surface area contributed by atoms with Crippen LogP contribution >= 0.6 is 9.39 Å². The fraction of sp³-hybridized carbons (Fsp3) is 0.250. The lowest BCUT2D eigenvalue weighted by molar-refractivity contribution is -0.115. The molecule has 1 unspecified atom stereocenters. The largest absolute Gasteiger partial charge is 0.337 e. The summed E-state index contributed by atoms with van der Waals surface area (Å²) in [6.45, 7) is 5.05. The molecule has 1 atom stereocenters. The summed E-state index contributed by atoms with van der Waals surface area (Å²) in [6.07, 6.45) is 0. The summed E-state index contributed by atoms with van der Waals surface area (Å²) < 4.78 is 0. The van der Waals surface area contributed by atoms with Gasteiger partial charge in [0, 0.05) is 5.57 Å². The quantitative estimate of drug-likeness (QED) is 0.392. The van der Waals surface area contributed by atoms with Gasteiger partial charge in [-0.2, -0.15) is 0 Å². The van der Waals surface area contributed by atoms with Crippen LogP contribution in [-0.4, -0.2) is 5.91 Å². The van der Waals surface area contributed by atoms with Crippen molar-refractivity contribution in [3.8, 4) is 0 Å². The van der Waals surface area contributed by atoms with E-state index in [9.17, 15) is 4.79 Å². The second-order valence-electron chi connectivity index (χ2n) is 1.25. The summed E-state index contributed by atoms with van der Waals surface area (Å²) in [5, 5.41) is 2.34. The second-order valence-corrected chi connectivity index (χ2v) is 1.54.